The van der Waals surface area contributed by atoms with Crippen LogP contribution in [0.2, 0.25) is 0 Å². The highest BCUT2D eigenvalue weighted by molar-refractivity contribution is 8.03. The molecule has 0 aliphatic carbocycles. The van der Waals surface area contributed by atoms with Crippen LogP contribution in [0.15, 0.2) is 29.1 Å². The number of H-pyrrole nitrogens is 1. The highest BCUT2D eigenvalue weighted by Gasteiger charge is 2.12. The van der Waals surface area contributed by atoms with E-state index in [9.17, 15) is 4.79 Å². The molecule has 3 rings (SSSR count). The average molecular weight is 321 g/mol. The molecule has 0 atom stereocenters. The standard InChI is InChI=1S/C15H19N3OS2/c19-15-12-3-1-2-4-13(12)17-14(18-15)5-6-16-11-9-20-7-8-21-10-11/h1-4,11,16H,5-10H2,(H,17,18,19). The molecule has 4 nitrogen and oxygen atoms in total. The summed E-state index contributed by atoms with van der Waals surface area (Å²) < 4.78 is 0. The summed E-state index contributed by atoms with van der Waals surface area (Å²) in [6.45, 7) is 0.854. The lowest BCUT2D eigenvalue weighted by Gasteiger charge is -2.15. The fourth-order valence-electron chi connectivity index (χ4n) is 2.38. The molecule has 0 spiro atoms. The summed E-state index contributed by atoms with van der Waals surface area (Å²) in [6, 6.07) is 8.04. The van der Waals surface area contributed by atoms with Gasteiger partial charge in [0, 0.05) is 42.0 Å². The van der Waals surface area contributed by atoms with Crippen LogP contribution in [0.25, 0.3) is 10.9 Å². The highest BCUT2D eigenvalue weighted by atomic mass is 32.2. The Balaban J connectivity index is 1.61. The molecular formula is C15H19N3OS2. The summed E-state index contributed by atoms with van der Waals surface area (Å²) in [5, 5.41) is 4.23. The van der Waals surface area contributed by atoms with E-state index in [0.29, 0.717) is 11.4 Å². The van der Waals surface area contributed by atoms with Crippen LogP contribution in [0, 0.1) is 0 Å². The minimum Gasteiger partial charge on any atom is -0.312 e. The van der Waals surface area contributed by atoms with E-state index in [2.05, 4.69) is 15.3 Å². The number of fused-ring (bicyclic) bond motifs is 1. The van der Waals surface area contributed by atoms with Crippen LogP contribution in [-0.2, 0) is 6.42 Å². The van der Waals surface area contributed by atoms with E-state index in [1.165, 1.54) is 23.0 Å². The van der Waals surface area contributed by atoms with Crippen molar-refractivity contribution < 1.29 is 0 Å². The van der Waals surface area contributed by atoms with Gasteiger partial charge in [-0.1, -0.05) is 12.1 Å². The molecule has 2 heterocycles. The van der Waals surface area contributed by atoms with Gasteiger partial charge in [-0.3, -0.25) is 4.79 Å². The zero-order chi connectivity index (χ0) is 14.5. The molecule has 1 aromatic carbocycles. The van der Waals surface area contributed by atoms with E-state index in [1.54, 1.807) is 0 Å². The van der Waals surface area contributed by atoms with Gasteiger partial charge >= 0.3 is 0 Å². The van der Waals surface area contributed by atoms with Gasteiger partial charge in [0.15, 0.2) is 0 Å². The minimum absolute atomic E-state index is 0.0452. The number of nitrogens with one attached hydrogen (secondary N) is 2. The first kappa shape index (κ1) is 14.9. The van der Waals surface area contributed by atoms with Crippen molar-refractivity contribution in [3.63, 3.8) is 0 Å². The first-order valence-corrected chi connectivity index (χ1v) is 9.51. The summed E-state index contributed by atoms with van der Waals surface area (Å²) in [5.74, 6) is 5.62. The molecule has 21 heavy (non-hydrogen) atoms. The Bertz CT molecular complexity index is 651. The number of thioether (sulfide) groups is 2. The van der Waals surface area contributed by atoms with Crippen LogP contribution in [0.4, 0.5) is 0 Å². The fourth-order valence-corrected chi connectivity index (χ4v) is 4.85. The average Bonchev–Trinajstić information content (AvgIpc) is 2.76. The van der Waals surface area contributed by atoms with E-state index in [4.69, 9.17) is 0 Å². The molecule has 0 unspecified atom stereocenters. The third-order valence-corrected chi connectivity index (χ3v) is 5.99. The lowest BCUT2D eigenvalue weighted by Crippen LogP contribution is -2.35. The largest absolute Gasteiger partial charge is 0.312 e. The summed E-state index contributed by atoms with van der Waals surface area (Å²) in [5.41, 5.74) is 0.730. The van der Waals surface area contributed by atoms with Crippen molar-refractivity contribution in [1.29, 1.82) is 0 Å². The molecule has 0 radical (unpaired) electrons. The Kier molecular flexibility index (Phi) is 5.22. The van der Waals surface area contributed by atoms with Crippen molar-refractivity contribution in [3.8, 4) is 0 Å². The van der Waals surface area contributed by atoms with Crippen LogP contribution in [-0.4, -0.2) is 45.6 Å². The molecule has 1 aliphatic heterocycles. The van der Waals surface area contributed by atoms with E-state index in [-0.39, 0.29) is 5.56 Å². The Morgan fingerprint density at radius 2 is 2.00 bits per heavy atom. The molecule has 1 aromatic heterocycles. The monoisotopic (exact) mass is 321 g/mol. The first-order chi connectivity index (χ1) is 10.3. The van der Waals surface area contributed by atoms with E-state index in [1.807, 2.05) is 47.8 Å². The van der Waals surface area contributed by atoms with Crippen molar-refractivity contribution in [2.75, 3.05) is 29.6 Å². The highest BCUT2D eigenvalue weighted by Crippen LogP contribution is 2.16. The maximum absolute atomic E-state index is 12.0. The smallest absolute Gasteiger partial charge is 0.258 e. The molecule has 1 fully saturated rings. The van der Waals surface area contributed by atoms with Gasteiger partial charge < -0.3 is 10.3 Å². The molecular weight excluding hydrogens is 302 g/mol. The summed E-state index contributed by atoms with van der Waals surface area (Å²) in [4.78, 5) is 19.4. The second-order valence-corrected chi connectivity index (χ2v) is 7.38. The van der Waals surface area contributed by atoms with Crippen LogP contribution in [0.5, 0.6) is 0 Å². The van der Waals surface area contributed by atoms with Crippen LogP contribution >= 0.6 is 23.5 Å². The van der Waals surface area contributed by atoms with Crippen molar-refractivity contribution >= 4 is 34.4 Å². The fraction of sp³-hybridized carbons (Fsp3) is 0.467. The van der Waals surface area contributed by atoms with Gasteiger partial charge in [-0.15, -0.1) is 0 Å². The lowest BCUT2D eigenvalue weighted by molar-refractivity contribution is 0.596. The summed E-state index contributed by atoms with van der Waals surface area (Å²) >= 11 is 4.04. The van der Waals surface area contributed by atoms with Crippen LogP contribution < -0.4 is 10.9 Å². The van der Waals surface area contributed by atoms with Gasteiger partial charge in [-0.05, 0) is 12.1 Å². The molecule has 2 aromatic rings. The van der Waals surface area contributed by atoms with Crippen LogP contribution in [0.3, 0.4) is 0 Å². The number of benzene rings is 1. The van der Waals surface area contributed by atoms with Gasteiger partial charge in [0.1, 0.15) is 5.82 Å². The topological polar surface area (TPSA) is 57.8 Å². The second kappa shape index (κ2) is 7.33. The van der Waals surface area contributed by atoms with Crippen molar-refractivity contribution in [2.45, 2.75) is 12.5 Å². The number of nitrogens with zero attached hydrogens (tertiary/aromatic N) is 1. The van der Waals surface area contributed by atoms with Crippen molar-refractivity contribution in [2.24, 2.45) is 0 Å². The van der Waals surface area contributed by atoms with Gasteiger partial charge in [0.05, 0.1) is 10.9 Å². The molecule has 1 saturated heterocycles. The molecule has 0 saturated carbocycles. The molecule has 112 valence electrons. The Morgan fingerprint density at radius 1 is 1.24 bits per heavy atom. The quantitative estimate of drug-likeness (QED) is 0.901. The van der Waals surface area contributed by atoms with Crippen molar-refractivity contribution in [1.82, 2.24) is 15.3 Å². The number of hydrogen-bond donors (Lipinski definition) is 2. The number of aromatic nitrogens is 2. The molecule has 2 N–H and O–H groups in total. The Morgan fingerprint density at radius 3 is 2.81 bits per heavy atom. The molecule has 0 amide bonds. The number of rotatable bonds is 4. The predicted molar refractivity (Wildman–Crippen MR) is 92.5 cm³/mol. The minimum atomic E-state index is -0.0452. The summed E-state index contributed by atoms with van der Waals surface area (Å²) in [6.07, 6.45) is 0.756. The third kappa shape index (κ3) is 4.02. The van der Waals surface area contributed by atoms with Crippen molar-refractivity contribution in [3.05, 3.63) is 40.4 Å². The molecule has 6 heteroatoms. The number of para-hydroxylation sites is 1. The van der Waals surface area contributed by atoms with E-state index < -0.39 is 0 Å². The Hall–Kier alpha value is -0.980. The predicted octanol–water partition coefficient (Wildman–Crippen LogP) is 1.90. The zero-order valence-electron chi connectivity index (χ0n) is 11.8. The maximum atomic E-state index is 12.0. The number of hydrogen-bond acceptors (Lipinski definition) is 5. The lowest BCUT2D eigenvalue weighted by atomic mass is 10.2. The normalized spacial score (nSPS) is 17.0. The third-order valence-electron chi connectivity index (χ3n) is 3.47. The number of aromatic amines is 1. The molecule has 0 bridgehead atoms. The first-order valence-electron chi connectivity index (χ1n) is 7.20. The van der Waals surface area contributed by atoms with Crippen LogP contribution in [0.1, 0.15) is 5.82 Å². The molecule has 1 aliphatic rings. The Labute approximate surface area is 132 Å². The second-order valence-electron chi connectivity index (χ2n) is 5.08. The zero-order valence-corrected chi connectivity index (χ0v) is 13.4. The maximum Gasteiger partial charge on any atom is 0.258 e. The summed E-state index contributed by atoms with van der Waals surface area (Å²) in [7, 11) is 0. The van der Waals surface area contributed by atoms with Gasteiger partial charge in [0.2, 0.25) is 0 Å². The van der Waals surface area contributed by atoms with E-state index >= 15 is 0 Å². The van der Waals surface area contributed by atoms with Gasteiger partial charge in [-0.2, -0.15) is 23.5 Å². The van der Waals surface area contributed by atoms with E-state index in [0.717, 1.165) is 24.3 Å². The SMILES string of the molecule is O=c1[nH]c(CCNC2CSCCSC2)nc2ccccc12. The van der Waals surface area contributed by atoms with Gasteiger partial charge in [0.25, 0.3) is 5.56 Å². The van der Waals surface area contributed by atoms with Gasteiger partial charge in [-0.25, -0.2) is 4.98 Å².